The van der Waals surface area contributed by atoms with Crippen molar-refractivity contribution >= 4 is 30.1 Å². The predicted octanol–water partition coefficient (Wildman–Crippen LogP) is 1.37. The molecule has 0 radical (unpaired) electrons. The quantitative estimate of drug-likeness (QED) is 0.777. The van der Waals surface area contributed by atoms with Crippen LogP contribution in [-0.2, 0) is 4.79 Å². The van der Waals surface area contributed by atoms with Crippen LogP contribution in [0.5, 0.6) is 0 Å². The first-order chi connectivity index (χ1) is 7.38. The standard InChI is InChI=1S/C11H20N2OS.ClH/c14-11(10-2-4-12-5-3-10)13-6-1-8-15-9-7-13;/h10,12H,1-9H2;1H. The van der Waals surface area contributed by atoms with Gasteiger partial charge in [-0.15, -0.1) is 12.4 Å². The number of nitrogens with one attached hydrogen (secondary N) is 1. The number of hydrogen-bond acceptors (Lipinski definition) is 3. The maximum Gasteiger partial charge on any atom is 0.225 e. The third-order valence-corrected chi connectivity index (χ3v) is 4.27. The molecule has 0 aromatic rings. The smallest absolute Gasteiger partial charge is 0.225 e. The molecule has 0 atom stereocenters. The summed E-state index contributed by atoms with van der Waals surface area (Å²) >= 11 is 1.98. The third kappa shape index (κ3) is 3.82. The number of nitrogens with zero attached hydrogens (tertiary/aromatic N) is 1. The van der Waals surface area contributed by atoms with Crippen LogP contribution in [0, 0.1) is 5.92 Å². The summed E-state index contributed by atoms with van der Waals surface area (Å²) in [7, 11) is 0. The second kappa shape index (κ2) is 7.41. The fourth-order valence-corrected chi connectivity index (χ4v) is 3.18. The van der Waals surface area contributed by atoms with Crippen molar-refractivity contribution in [1.82, 2.24) is 10.2 Å². The van der Waals surface area contributed by atoms with E-state index in [0.29, 0.717) is 11.8 Å². The van der Waals surface area contributed by atoms with Crippen LogP contribution in [0.3, 0.4) is 0 Å². The molecule has 0 unspecified atom stereocenters. The molecular weight excluding hydrogens is 244 g/mol. The van der Waals surface area contributed by atoms with E-state index in [1.54, 1.807) is 0 Å². The molecule has 1 N–H and O–H groups in total. The van der Waals surface area contributed by atoms with Crippen LogP contribution >= 0.6 is 24.2 Å². The van der Waals surface area contributed by atoms with Crippen molar-refractivity contribution in [2.45, 2.75) is 19.3 Å². The Hall–Kier alpha value is 0.0700. The zero-order valence-corrected chi connectivity index (χ0v) is 11.2. The summed E-state index contributed by atoms with van der Waals surface area (Å²) < 4.78 is 0. The van der Waals surface area contributed by atoms with E-state index in [0.717, 1.165) is 44.8 Å². The lowest BCUT2D eigenvalue weighted by Crippen LogP contribution is -2.41. The molecule has 5 heteroatoms. The van der Waals surface area contributed by atoms with E-state index in [1.165, 1.54) is 12.2 Å². The Labute approximate surface area is 108 Å². The monoisotopic (exact) mass is 264 g/mol. The number of piperidine rings is 1. The highest BCUT2D eigenvalue weighted by Gasteiger charge is 2.25. The van der Waals surface area contributed by atoms with Gasteiger partial charge in [0.2, 0.25) is 5.91 Å². The molecule has 2 fully saturated rings. The summed E-state index contributed by atoms with van der Waals surface area (Å²) in [6.07, 6.45) is 3.23. The van der Waals surface area contributed by atoms with Gasteiger partial charge < -0.3 is 10.2 Å². The fraction of sp³-hybridized carbons (Fsp3) is 0.909. The molecule has 2 rings (SSSR count). The summed E-state index contributed by atoms with van der Waals surface area (Å²) in [6.45, 7) is 3.97. The number of carbonyl (C=O) groups is 1. The van der Waals surface area contributed by atoms with Gasteiger partial charge in [-0.05, 0) is 38.1 Å². The number of thioether (sulfide) groups is 1. The van der Waals surface area contributed by atoms with Crippen molar-refractivity contribution in [2.24, 2.45) is 5.92 Å². The maximum absolute atomic E-state index is 12.2. The average molecular weight is 265 g/mol. The maximum atomic E-state index is 12.2. The van der Waals surface area contributed by atoms with E-state index < -0.39 is 0 Å². The Balaban J connectivity index is 0.00000128. The van der Waals surface area contributed by atoms with E-state index >= 15 is 0 Å². The largest absolute Gasteiger partial charge is 0.342 e. The van der Waals surface area contributed by atoms with E-state index in [1.807, 2.05) is 11.8 Å². The van der Waals surface area contributed by atoms with Gasteiger partial charge in [0.25, 0.3) is 0 Å². The summed E-state index contributed by atoms with van der Waals surface area (Å²) in [6, 6.07) is 0. The second-order valence-corrected chi connectivity index (χ2v) is 5.54. The molecule has 2 heterocycles. The van der Waals surface area contributed by atoms with Crippen LogP contribution in [0.25, 0.3) is 0 Å². The first kappa shape index (κ1) is 14.1. The van der Waals surface area contributed by atoms with Gasteiger partial charge in [-0.2, -0.15) is 11.8 Å². The summed E-state index contributed by atoms with van der Waals surface area (Å²) in [5.41, 5.74) is 0. The molecule has 2 aliphatic heterocycles. The number of hydrogen-bond donors (Lipinski definition) is 1. The lowest BCUT2D eigenvalue weighted by Gasteiger charge is -2.28. The van der Waals surface area contributed by atoms with Crippen molar-refractivity contribution in [3.63, 3.8) is 0 Å². The zero-order chi connectivity index (χ0) is 10.5. The molecule has 94 valence electrons. The van der Waals surface area contributed by atoms with Crippen LogP contribution in [0.1, 0.15) is 19.3 Å². The zero-order valence-electron chi connectivity index (χ0n) is 9.61. The Bertz CT molecular complexity index is 214. The van der Waals surface area contributed by atoms with Crippen LogP contribution in [0.4, 0.5) is 0 Å². The summed E-state index contributed by atoms with van der Waals surface area (Å²) in [5.74, 6) is 3.06. The molecule has 0 aromatic heterocycles. The summed E-state index contributed by atoms with van der Waals surface area (Å²) in [4.78, 5) is 14.3. The first-order valence-corrected chi connectivity index (χ1v) is 7.10. The van der Waals surface area contributed by atoms with Gasteiger partial charge in [0, 0.05) is 24.8 Å². The molecule has 2 saturated heterocycles. The minimum absolute atomic E-state index is 0. The van der Waals surface area contributed by atoms with Gasteiger partial charge >= 0.3 is 0 Å². The van der Waals surface area contributed by atoms with Crippen LogP contribution < -0.4 is 5.32 Å². The van der Waals surface area contributed by atoms with Gasteiger partial charge in [0.05, 0.1) is 0 Å². The van der Waals surface area contributed by atoms with Crippen molar-refractivity contribution in [3.8, 4) is 0 Å². The van der Waals surface area contributed by atoms with Gasteiger partial charge in [-0.3, -0.25) is 4.79 Å². The lowest BCUT2D eigenvalue weighted by atomic mass is 9.96. The average Bonchev–Trinajstić information content (AvgIpc) is 2.58. The normalized spacial score (nSPS) is 23.4. The number of carbonyl (C=O) groups excluding carboxylic acids is 1. The number of amides is 1. The highest BCUT2D eigenvalue weighted by Crippen LogP contribution is 2.18. The lowest BCUT2D eigenvalue weighted by molar-refractivity contribution is -0.136. The molecule has 2 aliphatic rings. The summed E-state index contributed by atoms with van der Waals surface area (Å²) in [5, 5.41) is 3.31. The first-order valence-electron chi connectivity index (χ1n) is 5.95. The van der Waals surface area contributed by atoms with Crippen LogP contribution in [0.2, 0.25) is 0 Å². The molecule has 0 saturated carbocycles. The van der Waals surface area contributed by atoms with Crippen LogP contribution in [0.15, 0.2) is 0 Å². The molecule has 1 amide bonds. The molecule has 16 heavy (non-hydrogen) atoms. The highest BCUT2D eigenvalue weighted by atomic mass is 35.5. The van der Waals surface area contributed by atoms with E-state index in [-0.39, 0.29) is 12.4 Å². The van der Waals surface area contributed by atoms with Crippen molar-refractivity contribution in [3.05, 3.63) is 0 Å². The molecular formula is C11H21ClN2OS. The van der Waals surface area contributed by atoms with Crippen molar-refractivity contribution < 1.29 is 4.79 Å². The number of halogens is 1. The molecule has 0 aromatic carbocycles. The minimum atomic E-state index is 0. The van der Waals surface area contributed by atoms with Gasteiger partial charge in [-0.1, -0.05) is 0 Å². The van der Waals surface area contributed by atoms with E-state index in [2.05, 4.69) is 10.2 Å². The molecule has 3 nitrogen and oxygen atoms in total. The molecule has 0 aliphatic carbocycles. The Morgan fingerprint density at radius 2 is 1.94 bits per heavy atom. The second-order valence-electron chi connectivity index (χ2n) is 4.32. The third-order valence-electron chi connectivity index (χ3n) is 3.22. The van der Waals surface area contributed by atoms with Gasteiger partial charge in [0.15, 0.2) is 0 Å². The predicted molar refractivity (Wildman–Crippen MR) is 71.4 cm³/mol. The highest BCUT2D eigenvalue weighted by molar-refractivity contribution is 7.99. The van der Waals surface area contributed by atoms with Gasteiger partial charge in [0.1, 0.15) is 0 Å². The van der Waals surface area contributed by atoms with Crippen LogP contribution in [-0.4, -0.2) is 48.5 Å². The van der Waals surface area contributed by atoms with E-state index in [4.69, 9.17) is 0 Å². The fourth-order valence-electron chi connectivity index (χ4n) is 2.29. The molecule has 0 bridgehead atoms. The van der Waals surface area contributed by atoms with E-state index in [9.17, 15) is 4.79 Å². The topological polar surface area (TPSA) is 32.3 Å². The van der Waals surface area contributed by atoms with Gasteiger partial charge in [-0.25, -0.2) is 0 Å². The minimum Gasteiger partial charge on any atom is -0.342 e. The Morgan fingerprint density at radius 3 is 2.69 bits per heavy atom. The SMILES string of the molecule is Cl.O=C(C1CCNCC1)N1CCCSCC1. The Morgan fingerprint density at radius 1 is 1.19 bits per heavy atom. The van der Waals surface area contributed by atoms with Crippen molar-refractivity contribution in [2.75, 3.05) is 37.7 Å². The molecule has 0 spiro atoms. The number of rotatable bonds is 1. The Kier molecular flexibility index (Phi) is 6.54. The van der Waals surface area contributed by atoms with Crippen molar-refractivity contribution in [1.29, 1.82) is 0 Å².